The van der Waals surface area contributed by atoms with Gasteiger partial charge in [0.2, 0.25) is 5.91 Å². The molecule has 0 aromatic heterocycles. The molecule has 0 bridgehead atoms. The molecule has 0 N–H and O–H groups in total. The first-order chi connectivity index (χ1) is 14.3. The lowest BCUT2D eigenvalue weighted by atomic mass is 9.97. The van der Waals surface area contributed by atoms with Gasteiger partial charge in [0.25, 0.3) is 5.91 Å². The van der Waals surface area contributed by atoms with Crippen molar-refractivity contribution in [1.29, 1.82) is 0 Å². The van der Waals surface area contributed by atoms with Crippen molar-refractivity contribution in [2.45, 2.75) is 26.8 Å². The Hall–Kier alpha value is -3.19. The quantitative estimate of drug-likeness (QED) is 0.555. The monoisotopic (exact) mass is 425 g/mol. The third-order valence-electron chi connectivity index (χ3n) is 5.31. The van der Waals surface area contributed by atoms with Crippen LogP contribution in [0.15, 0.2) is 47.6 Å². The number of carbonyl (C=O) groups is 3. The van der Waals surface area contributed by atoms with Gasteiger partial charge in [-0.25, -0.2) is 9.69 Å². The van der Waals surface area contributed by atoms with Crippen LogP contribution in [-0.2, 0) is 19.1 Å². The number of amides is 2. The Morgan fingerprint density at radius 3 is 2.47 bits per heavy atom. The highest BCUT2D eigenvalue weighted by molar-refractivity contribution is 6.47. The van der Waals surface area contributed by atoms with Crippen LogP contribution in [0.1, 0.15) is 18.1 Å². The normalized spacial score (nSPS) is 20.5. The second-order valence-electron chi connectivity index (χ2n) is 7.20. The average molecular weight is 426 g/mol. The van der Waals surface area contributed by atoms with Crippen LogP contribution in [0.5, 0.6) is 0 Å². The number of hydrogen-bond acceptors (Lipinski definition) is 6. The van der Waals surface area contributed by atoms with Gasteiger partial charge in [-0.15, -0.1) is 0 Å². The van der Waals surface area contributed by atoms with Gasteiger partial charge in [0, 0.05) is 5.02 Å². The molecule has 4 rings (SSSR count). The molecule has 1 fully saturated rings. The largest absolute Gasteiger partial charge is 0.461 e. The van der Waals surface area contributed by atoms with Crippen molar-refractivity contribution in [3.63, 3.8) is 0 Å². The summed E-state index contributed by atoms with van der Waals surface area (Å²) in [5, 5.41) is 6.23. The number of fused-ring (bicyclic) bond motifs is 1. The number of anilines is 2. The molecule has 2 aliphatic heterocycles. The third-order valence-corrected chi connectivity index (χ3v) is 5.72. The fourth-order valence-corrected chi connectivity index (χ4v) is 3.94. The minimum absolute atomic E-state index is 0.0667. The highest BCUT2D eigenvalue weighted by atomic mass is 35.5. The summed E-state index contributed by atoms with van der Waals surface area (Å²) in [4.78, 5) is 40.4. The van der Waals surface area contributed by atoms with Gasteiger partial charge in [0.1, 0.15) is 12.0 Å². The fourth-order valence-electron chi connectivity index (χ4n) is 3.77. The van der Waals surface area contributed by atoms with Gasteiger partial charge < -0.3 is 4.74 Å². The van der Waals surface area contributed by atoms with Gasteiger partial charge in [-0.3, -0.25) is 14.6 Å². The van der Waals surface area contributed by atoms with Crippen LogP contribution in [0.2, 0.25) is 5.02 Å². The van der Waals surface area contributed by atoms with E-state index in [2.05, 4.69) is 5.10 Å². The Kier molecular flexibility index (Phi) is 5.07. The van der Waals surface area contributed by atoms with Gasteiger partial charge in [0.05, 0.1) is 18.0 Å². The zero-order chi connectivity index (χ0) is 21.6. The summed E-state index contributed by atoms with van der Waals surface area (Å²) in [6.07, 6.45) is 0. The SMILES string of the molecule is CCOC(=O)C1=NN(c2ccc(C)cc2)C2C(=O)N(c3cccc(Cl)c3C)C(=O)C12. The minimum Gasteiger partial charge on any atom is -0.461 e. The van der Waals surface area contributed by atoms with Crippen LogP contribution in [0, 0.1) is 19.8 Å². The minimum atomic E-state index is -1.05. The number of halogens is 1. The number of hydrazone groups is 1. The second-order valence-corrected chi connectivity index (χ2v) is 7.61. The number of imide groups is 1. The highest BCUT2D eigenvalue weighted by Crippen LogP contribution is 2.39. The van der Waals surface area contributed by atoms with Crippen molar-refractivity contribution in [3.8, 4) is 0 Å². The van der Waals surface area contributed by atoms with E-state index >= 15 is 0 Å². The van der Waals surface area contributed by atoms with E-state index in [1.165, 1.54) is 5.01 Å². The summed E-state index contributed by atoms with van der Waals surface area (Å²) in [6, 6.07) is 11.4. The first kappa shape index (κ1) is 20.1. The van der Waals surface area contributed by atoms with E-state index in [1.54, 1.807) is 44.2 Å². The van der Waals surface area contributed by atoms with Gasteiger partial charge >= 0.3 is 5.97 Å². The first-order valence-corrected chi connectivity index (χ1v) is 9.97. The lowest BCUT2D eigenvalue weighted by Gasteiger charge is -2.23. The number of esters is 1. The van der Waals surface area contributed by atoms with Crippen LogP contribution in [0.4, 0.5) is 11.4 Å². The van der Waals surface area contributed by atoms with Crippen molar-refractivity contribution in [3.05, 3.63) is 58.6 Å². The number of ether oxygens (including phenoxy) is 1. The molecule has 0 radical (unpaired) electrons. The van der Waals surface area contributed by atoms with E-state index in [-0.39, 0.29) is 12.3 Å². The second kappa shape index (κ2) is 7.57. The molecule has 2 unspecified atom stereocenters. The van der Waals surface area contributed by atoms with Gasteiger partial charge in [-0.1, -0.05) is 35.4 Å². The third kappa shape index (κ3) is 3.06. The van der Waals surface area contributed by atoms with E-state index < -0.39 is 29.7 Å². The number of aryl methyl sites for hydroxylation is 1. The summed E-state index contributed by atoms with van der Waals surface area (Å²) < 4.78 is 5.11. The summed E-state index contributed by atoms with van der Waals surface area (Å²) in [6.45, 7) is 5.49. The molecule has 30 heavy (non-hydrogen) atoms. The van der Waals surface area contributed by atoms with Gasteiger partial charge in [-0.2, -0.15) is 5.10 Å². The van der Waals surface area contributed by atoms with Crippen molar-refractivity contribution in [2.75, 3.05) is 16.5 Å². The zero-order valence-electron chi connectivity index (χ0n) is 16.8. The Bertz CT molecular complexity index is 1080. The first-order valence-electron chi connectivity index (χ1n) is 9.59. The Labute approximate surface area is 178 Å². The van der Waals surface area contributed by atoms with Gasteiger partial charge in [-0.05, 0) is 50.6 Å². The molecule has 0 aliphatic carbocycles. The Balaban J connectivity index is 1.82. The van der Waals surface area contributed by atoms with Crippen LogP contribution < -0.4 is 9.91 Å². The molecule has 2 aromatic carbocycles. The van der Waals surface area contributed by atoms with E-state index in [1.807, 2.05) is 19.1 Å². The standard InChI is InChI=1S/C22H20ClN3O4/c1-4-30-22(29)18-17-19(26(24-18)14-10-8-12(2)9-11-14)21(28)25(20(17)27)16-7-5-6-15(23)13(16)3/h5-11,17,19H,4H2,1-3H3. The number of benzene rings is 2. The molecular formula is C22H20ClN3O4. The molecule has 2 atom stereocenters. The summed E-state index contributed by atoms with van der Waals surface area (Å²) in [5.41, 5.74) is 2.59. The predicted molar refractivity (Wildman–Crippen MR) is 114 cm³/mol. The maximum Gasteiger partial charge on any atom is 0.355 e. The molecule has 2 aliphatic rings. The molecule has 2 heterocycles. The van der Waals surface area contributed by atoms with Crippen LogP contribution in [0.25, 0.3) is 0 Å². The van der Waals surface area contributed by atoms with Crippen LogP contribution >= 0.6 is 11.6 Å². The average Bonchev–Trinajstić information content (AvgIpc) is 3.23. The fraction of sp³-hybridized carbons (Fsp3) is 0.273. The van der Waals surface area contributed by atoms with Crippen molar-refractivity contribution in [1.82, 2.24) is 0 Å². The summed E-state index contributed by atoms with van der Waals surface area (Å²) in [7, 11) is 0. The van der Waals surface area contributed by atoms with Crippen molar-refractivity contribution < 1.29 is 19.1 Å². The number of rotatable bonds is 4. The molecule has 154 valence electrons. The lowest BCUT2D eigenvalue weighted by molar-refractivity contribution is -0.136. The highest BCUT2D eigenvalue weighted by Gasteiger charge is 2.59. The number of carbonyl (C=O) groups excluding carboxylic acids is 3. The molecule has 0 spiro atoms. The Morgan fingerprint density at radius 2 is 1.80 bits per heavy atom. The van der Waals surface area contributed by atoms with E-state index in [0.717, 1.165) is 10.5 Å². The maximum absolute atomic E-state index is 13.4. The molecule has 2 aromatic rings. The van der Waals surface area contributed by atoms with E-state index in [0.29, 0.717) is 22.0 Å². The van der Waals surface area contributed by atoms with E-state index in [9.17, 15) is 14.4 Å². The Morgan fingerprint density at radius 1 is 1.10 bits per heavy atom. The van der Waals surface area contributed by atoms with E-state index in [4.69, 9.17) is 16.3 Å². The smallest absolute Gasteiger partial charge is 0.355 e. The van der Waals surface area contributed by atoms with Gasteiger partial charge in [0.15, 0.2) is 5.71 Å². The predicted octanol–water partition coefficient (Wildman–Crippen LogP) is 3.25. The van der Waals surface area contributed by atoms with Crippen molar-refractivity contribution >= 4 is 46.5 Å². The molecule has 1 saturated heterocycles. The molecular weight excluding hydrogens is 406 g/mol. The lowest BCUT2D eigenvalue weighted by Crippen LogP contribution is -2.39. The molecule has 8 heteroatoms. The molecule has 7 nitrogen and oxygen atoms in total. The summed E-state index contributed by atoms with van der Waals surface area (Å²) in [5.74, 6) is -2.72. The zero-order valence-corrected chi connectivity index (χ0v) is 17.5. The molecule has 2 amide bonds. The maximum atomic E-state index is 13.4. The molecule has 0 saturated carbocycles. The number of nitrogens with zero attached hydrogens (tertiary/aromatic N) is 3. The topological polar surface area (TPSA) is 79.3 Å². The van der Waals surface area contributed by atoms with Crippen molar-refractivity contribution in [2.24, 2.45) is 11.0 Å². The number of hydrogen-bond donors (Lipinski definition) is 0. The summed E-state index contributed by atoms with van der Waals surface area (Å²) >= 11 is 6.21. The van der Waals surface area contributed by atoms with Crippen LogP contribution in [0.3, 0.4) is 0 Å². The van der Waals surface area contributed by atoms with Crippen LogP contribution in [-0.4, -0.2) is 36.1 Å².